The zero-order chi connectivity index (χ0) is 20.8. The molecule has 0 bridgehead atoms. The molecule has 0 amide bonds. The lowest BCUT2D eigenvalue weighted by atomic mass is 10.1. The Kier molecular flexibility index (Phi) is 5.97. The number of nitrogens with two attached hydrogens (primary N) is 1. The largest absolute Gasteiger partial charge is 0.382 e. The normalized spacial score (nSPS) is 11.0. The van der Waals surface area contributed by atoms with Crippen molar-refractivity contribution in [3.8, 4) is 17.8 Å². The predicted octanol–water partition coefficient (Wildman–Crippen LogP) is 4.24. The third-order valence-electron chi connectivity index (χ3n) is 4.74. The van der Waals surface area contributed by atoms with E-state index in [0.717, 1.165) is 30.0 Å². The van der Waals surface area contributed by atoms with Gasteiger partial charge in [0.1, 0.15) is 29.2 Å². The summed E-state index contributed by atoms with van der Waals surface area (Å²) >= 11 is 0. The third kappa shape index (κ3) is 3.97. The van der Waals surface area contributed by atoms with Crippen LogP contribution in [-0.2, 0) is 0 Å². The van der Waals surface area contributed by atoms with Crippen LogP contribution in [-0.4, -0.2) is 22.9 Å². The molecule has 6 nitrogen and oxygen atoms in total. The summed E-state index contributed by atoms with van der Waals surface area (Å²) in [6.45, 7) is 6.08. The highest BCUT2D eigenvalue weighted by Crippen LogP contribution is 2.27. The molecular weight excluding hydrogens is 360 g/mol. The zero-order valence-corrected chi connectivity index (χ0v) is 16.5. The summed E-state index contributed by atoms with van der Waals surface area (Å²) in [6.07, 6.45) is 1.73. The third-order valence-corrected chi connectivity index (χ3v) is 4.74. The molecular formula is C23H22N6. The van der Waals surface area contributed by atoms with Crippen LogP contribution in [0.5, 0.6) is 0 Å². The summed E-state index contributed by atoms with van der Waals surface area (Å²) < 4.78 is 1.49. The monoisotopic (exact) mass is 382 g/mol. The van der Waals surface area contributed by atoms with Gasteiger partial charge in [-0.1, -0.05) is 30.3 Å². The number of anilines is 2. The molecule has 144 valence electrons. The molecule has 0 fully saturated rings. The van der Waals surface area contributed by atoms with Gasteiger partial charge in [0.25, 0.3) is 0 Å². The maximum absolute atomic E-state index is 9.72. The number of nitrogen functional groups attached to an aromatic ring is 1. The Morgan fingerprint density at radius 2 is 1.72 bits per heavy atom. The summed E-state index contributed by atoms with van der Waals surface area (Å²) in [7, 11) is 0. The predicted molar refractivity (Wildman–Crippen MR) is 116 cm³/mol. The van der Waals surface area contributed by atoms with Crippen LogP contribution in [0.3, 0.4) is 0 Å². The average Bonchev–Trinajstić information content (AvgIpc) is 3.10. The second-order valence-corrected chi connectivity index (χ2v) is 6.40. The summed E-state index contributed by atoms with van der Waals surface area (Å²) in [4.78, 5) is 2.24. The van der Waals surface area contributed by atoms with Crippen LogP contribution in [0.2, 0.25) is 0 Å². The molecule has 1 heterocycles. The molecule has 1 aromatic heterocycles. The van der Waals surface area contributed by atoms with Gasteiger partial charge in [-0.25, -0.2) is 4.68 Å². The van der Waals surface area contributed by atoms with Crippen LogP contribution in [0.15, 0.2) is 54.6 Å². The number of hydrogen-bond acceptors (Lipinski definition) is 5. The number of nitriles is 2. The first kappa shape index (κ1) is 19.7. The highest BCUT2D eigenvalue weighted by atomic mass is 15.3. The minimum Gasteiger partial charge on any atom is -0.382 e. The van der Waals surface area contributed by atoms with Crippen LogP contribution < -0.4 is 10.6 Å². The van der Waals surface area contributed by atoms with E-state index in [0.29, 0.717) is 5.57 Å². The van der Waals surface area contributed by atoms with E-state index in [-0.39, 0.29) is 17.1 Å². The molecule has 0 spiro atoms. The Balaban J connectivity index is 2.03. The first-order chi connectivity index (χ1) is 14.1. The Bertz CT molecular complexity index is 1090. The van der Waals surface area contributed by atoms with Crippen LogP contribution >= 0.6 is 0 Å². The fraction of sp³-hybridized carbons (Fsp3) is 0.174. The number of allylic oxidation sites excluding steroid dienone is 1. The highest BCUT2D eigenvalue weighted by molar-refractivity contribution is 5.91. The van der Waals surface area contributed by atoms with E-state index in [4.69, 9.17) is 5.73 Å². The van der Waals surface area contributed by atoms with Crippen LogP contribution in [0, 0.1) is 22.7 Å². The van der Waals surface area contributed by atoms with Gasteiger partial charge in [-0.3, -0.25) is 0 Å². The maximum Gasteiger partial charge on any atom is 0.145 e. The lowest BCUT2D eigenvalue weighted by Crippen LogP contribution is -2.21. The lowest BCUT2D eigenvalue weighted by molar-refractivity contribution is 0.866. The van der Waals surface area contributed by atoms with E-state index in [2.05, 4.69) is 36.0 Å². The number of hydrogen-bond donors (Lipinski definition) is 1. The Morgan fingerprint density at radius 3 is 2.28 bits per heavy atom. The van der Waals surface area contributed by atoms with Gasteiger partial charge in [0, 0.05) is 18.8 Å². The van der Waals surface area contributed by atoms with Crippen molar-refractivity contribution in [1.82, 2.24) is 9.78 Å². The fourth-order valence-corrected chi connectivity index (χ4v) is 3.19. The molecule has 2 N–H and O–H groups in total. The van der Waals surface area contributed by atoms with Crippen molar-refractivity contribution in [3.05, 3.63) is 71.4 Å². The van der Waals surface area contributed by atoms with Gasteiger partial charge in [-0.15, -0.1) is 0 Å². The number of benzene rings is 2. The molecule has 0 saturated carbocycles. The molecule has 3 aromatic rings. The van der Waals surface area contributed by atoms with Crippen molar-refractivity contribution in [2.45, 2.75) is 13.8 Å². The lowest BCUT2D eigenvalue weighted by Gasteiger charge is -2.20. The van der Waals surface area contributed by atoms with Gasteiger partial charge in [-0.05, 0) is 49.8 Å². The molecule has 0 unspecified atom stereocenters. The van der Waals surface area contributed by atoms with Crippen molar-refractivity contribution in [2.75, 3.05) is 23.7 Å². The smallest absolute Gasteiger partial charge is 0.145 e. The Morgan fingerprint density at radius 1 is 1.07 bits per heavy atom. The van der Waals surface area contributed by atoms with Crippen molar-refractivity contribution in [3.63, 3.8) is 0 Å². The fourth-order valence-electron chi connectivity index (χ4n) is 3.19. The van der Waals surface area contributed by atoms with Crippen molar-refractivity contribution in [2.24, 2.45) is 0 Å². The average molecular weight is 382 g/mol. The molecule has 2 aromatic carbocycles. The van der Waals surface area contributed by atoms with E-state index < -0.39 is 0 Å². The topological polar surface area (TPSA) is 94.7 Å². The van der Waals surface area contributed by atoms with Crippen LogP contribution in [0.1, 0.15) is 30.7 Å². The van der Waals surface area contributed by atoms with E-state index in [1.165, 1.54) is 4.68 Å². The van der Waals surface area contributed by atoms with Gasteiger partial charge < -0.3 is 10.6 Å². The first-order valence-corrected chi connectivity index (χ1v) is 9.44. The Labute approximate surface area is 170 Å². The van der Waals surface area contributed by atoms with Gasteiger partial charge in [0.15, 0.2) is 0 Å². The zero-order valence-electron chi connectivity index (χ0n) is 16.5. The second kappa shape index (κ2) is 8.77. The van der Waals surface area contributed by atoms with Crippen molar-refractivity contribution >= 4 is 23.2 Å². The summed E-state index contributed by atoms with van der Waals surface area (Å²) in [5.74, 6) is 0.215. The molecule has 0 aliphatic carbocycles. The van der Waals surface area contributed by atoms with Crippen LogP contribution in [0.25, 0.3) is 17.3 Å². The summed E-state index contributed by atoms with van der Waals surface area (Å²) in [6, 6.07) is 21.5. The maximum atomic E-state index is 9.72. The second-order valence-electron chi connectivity index (χ2n) is 6.40. The molecule has 0 saturated heterocycles. The molecule has 0 radical (unpaired) electrons. The molecule has 3 rings (SSSR count). The molecule has 6 heteroatoms. The van der Waals surface area contributed by atoms with E-state index in [1.54, 1.807) is 6.08 Å². The summed E-state index contributed by atoms with van der Waals surface area (Å²) in [5.41, 5.74) is 9.63. The number of para-hydroxylation sites is 1. The molecule has 0 atom stereocenters. The van der Waals surface area contributed by atoms with Gasteiger partial charge in [0.2, 0.25) is 0 Å². The van der Waals surface area contributed by atoms with Crippen LogP contribution in [0.4, 0.5) is 11.5 Å². The summed E-state index contributed by atoms with van der Waals surface area (Å²) in [5, 5.41) is 23.8. The van der Waals surface area contributed by atoms with E-state index in [9.17, 15) is 10.5 Å². The minimum atomic E-state index is 0.196. The van der Waals surface area contributed by atoms with Gasteiger partial charge in [0.05, 0.1) is 11.3 Å². The van der Waals surface area contributed by atoms with E-state index >= 15 is 0 Å². The quantitative estimate of drug-likeness (QED) is 0.644. The standard InChI is InChI=1S/C23H22N6/c1-3-28(4-2)19-12-10-17(11-13-19)14-18(15-24)22-21(16-25)23(26)29(27-22)20-8-6-5-7-9-20/h5-14H,3-4,26H2,1-2H3. The first-order valence-electron chi connectivity index (χ1n) is 9.44. The molecule has 0 aliphatic heterocycles. The molecule has 29 heavy (non-hydrogen) atoms. The number of aromatic nitrogens is 2. The highest BCUT2D eigenvalue weighted by Gasteiger charge is 2.19. The van der Waals surface area contributed by atoms with E-state index in [1.807, 2.05) is 54.6 Å². The molecule has 0 aliphatic rings. The minimum absolute atomic E-state index is 0.196. The SMILES string of the molecule is CCN(CC)c1ccc(C=C(C#N)c2nn(-c3ccccc3)c(N)c2C#N)cc1. The number of rotatable bonds is 6. The van der Waals surface area contributed by atoms with Crippen molar-refractivity contribution in [1.29, 1.82) is 10.5 Å². The number of nitrogens with zero attached hydrogens (tertiary/aromatic N) is 5. The van der Waals surface area contributed by atoms with Gasteiger partial charge >= 0.3 is 0 Å². The Hall–Kier alpha value is -4.03. The van der Waals surface area contributed by atoms with Crippen molar-refractivity contribution < 1.29 is 0 Å². The van der Waals surface area contributed by atoms with Gasteiger partial charge in [-0.2, -0.15) is 15.6 Å².